The first-order valence-electron chi connectivity index (χ1n) is 6.92. The van der Waals surface area contributed by atoms with Crippen molar-refractivity contribution in [3.8, 4) is 0 Å². The molecule has 5 heteroatoms. The summed E-state index contributed by atoms with van der Waals surface area (Å²) in [5.41, 5.74) is 8.92. The van der Waals surface area contributed by atoms with Crippen molar-refractivity contribution < 1.29 is 4.79 Å². The molecule has 0 radical (unpaired) electrons. The number of carbonyl (C=O) groups is 1. The highest BCUT2D eigenvalue weighted by molar-refractivity contribution is 6.08. The Bertz CT molecular complexity index is 652. The second-order valence-corrected chi connectivity index (χ2v) is 4.79. The minimum atomic E-state index is -0.0821. The number of nitrogens with zero attached hydrogens (tertiary/aromatic N) is 2. The molecule has 0 unspecified atom stereocenters. The van der Waals surface area contributed by atoms with Crippen LogP contribution >= 0.6 is 0 Å². The lowest BCUT2D eigenvalue weighted by Crippen LogP contribution is -2.24. The lowest BCUT2D eigenvalue weighted by atomic mass is 9.99. The molecule has 3 N–H and O–H groups in total. The molecule has 0 spiro atoms. The molecule has 0 bridgehead atoms. The van der Waals surface area contributed by atoms with Crippen LogP contribution in [0.5, 0.6) is 0 Å². The largest absolute Gasteiger partial charge is 0.368 e. The number of fused-ring (bicyclic) bond motifs is 1. The molecule has 0 saturated heterocycles. The van der Waals surface area contributed by atoms with E-state index in [0.29, 0.717) is 12.1 Å². The van der Waals surface area contributed by atoms with Gasteiger partial charge in [0.05, 0.1) is 16.8 Å². The SMILES string of the molecule is CCCc1nc(N)nc2ccc(C)c(C(=O)NCC)c12. The van der Waals surface area contributed by atoms with Gasteiger partial charge in [-0.25, -0.2) is 9.97 Å². The third-order valence-electron chi connectivity index (χ3n) is 3.22. The molecule has 5 nitrogen and oxygen atoms in total. The number of nitrogens with two attached hydrogens (primary N) is 1. The van der Waals surface area contributed by atoms with Crippen molar-refractivity contribution in [3.63, 3.8) is 0 Å². The molecule has 1 amide bonds. The number of nitrogens with one attached hydrogen (secondary N) is 1. The molecular weight excluding hydrogens is 252 g/mol. The van der Waals surface area contributed by atoms with Crippen LogP contribution in [0.25, 0.3) is 10.9 Å². The van der Waals surface area contributed by atoms with E-state index in [1.807, 2.05) is 26.0 Å². The lowest BCUT2D eigenvalue weighted by Gasteiger charge is -2.13. The summed E-state index contributed by atoms with van der Waals surface area (Å²) in [6, 6.07) is 3.79. The number of hydrogen-bond acceptors (Lipinski definition) is 4. The van der Waals surface area contributed by atoms with Crippen molar-refractivity contribution in [1.29, 1.82) is 0 Å². The zero-order valence-corrected chi connectivity index (χ0v) is 12.2. The smallest absolute Gasteiger partial charge is 0.252 e. The predicted molar refractivity (Wildman–Crippen MR) is 80.7 cm³/mol. The fourth-order valence-corrected chi connectivity index (χ4v) is 2.38. The molecule has 0 saturated carbocycles. The van der Waals surface area contributed by atoms with Gasteiger partial charge in [0.15, 0.2) is 0 Å². The Morgan fingerprint density at radius 1 is 1.30 bits per heavy atom. The van der Waals surface area contributed by atoms with E-state index in [2.05, 4.69) is 22.2 Å². The molecule has 2 aromatic rings. The van der Waals surface area contributed by atoms with E-state index < -0.39 is 0 Å². The molecule has 0 aliphatic heterocycles. The number of aromatic nitrogens is 2. The van der Waals surface area contributed by atoms with E-state index in [0.717, 1.165) is 35.0 Å². The average molecular weight is 272 g/mol. The Morgan fingerprint density at radius 2 is 2.05 bits per heavy atom. The van der Waals surface area contributed by atoms with Crippen LogP contribution in [0.4, 0.5) is 5.95 Å². The van der Waals surface area contributed by atoms with Gasteiger partial charge in [0.1, 0.15) is 0 Å². The van der Waals surface area contributed by atoms with Crippen LogP contribution in [-0.4, -0.2) is 22.4 Å². The minimum Gasteiger partial charge on any atom is -0.368 e. The van der Waals surface area contributed by atoms with E-state index in [1.165, 1.54) is 0 Å². The molecule has 1 heterocycles. The van der Waals surface area contributed by atoms with Gasteiger partial charge in [-0.05, 0) is 31.9 Å². The summed E-state index contributed by atoms with van der Waals surface area (Å²) in [5, 5.41) is 3.68. The Hall–Kier alpha value is -2.17. The summed E-state index contributed by atoms with van der Waals surface area (Å²) in [7, 11) is 0. The van der Waals surface area contributed by atoms with Crippen molar-refractivity contribution in [1.82, 2.24) is 15.3 Å². The maximum atomic E-state index is 12.3. The summed E-state index contributed by atoms with van der Waals surface area (Å²) in [4.78, 5) is 20.9. The summed E-state index contributed by atoms with van der Waals surface area (Å²) < 4.78 is 0. The van der Waals surface area contributed by atoms with Crippen LogP contribution in [0, 0.1) is 6.92 Å². The van der Waals surface area contributed by atoms with Gasteiger partial charge in [-0.2, -0.15) is 0 Å². The topological polar surface area (TPSA) is 80.9 Å². The first-order valence-corrected chi connectivity index (χ1v) is 6.92. The molecule has 106 valence electrons. The second kappa shape index (κ2) is 5.86. The highest BCUT2D eigenvalue weighted by Gasteiger charge is 2.17. The fraction of sp³-hybridized carbons (Fsp3) is 0.400. The van der Waals surface area contributed by atoms with Crippen molar-refractivity contribution in [2.75, 3.05) is 12.3 Å². The van der Waals surface area contributed by atoms with Crippen LogP contribution in [0.3, 0.4) is 0 Å². The van der Waals surface area contributed by atoms with Gasteiger partial charge in [-0.1, -0.05) is 19.4 Å². The van der Waals surface area contributed by atoms with Gasteiger partial charge < -0.3 is 11.1 Å². The number of anilines is 1. The standard InChI is InChI=1S/C15H20N4O/c1-4-6-10-13-11(19-15(16)18-10)8-7-9(3)12(13)14(20)17-5-2/h7-8H,4-6H2,1-3H3,(H,17,20)(H2,16,18,19). The number of carbonyl (C=O) groups excluding carboxylic acids is 1. The summed E-state index contributed by atoms with van der Waals surface area (Å²) in [5.74, 6) is 0.174. The van der Waals surface area contributed by atoms with E-state index in [4.69, 9.17) is 5.73 Å². The van der Waals surface area contributed by atoms with Gasteiger partial charge in [0.2, 0.25) is 5.95 Å². The molecular formula is C15H20N4O. The Balaban J connectivity index is 2.77. The Labute approximate surface area is 118 Å². The van der Waals surface area contributed by atoms with Crippen molar-refractivity contribution in [2.24, 2.45) is 0 Å². The second-order valence-electron chi connectivity index (χ2n) is 4.79. The zero-order chi connectivity index (χ0) is 14.7. The van der Waals surface area contributed by atoms with Crippen LogP contribution in [0.15, 0.2) is 12.1 Å². The normalized spacial score (nSPS) is 10.8. The van der Waals surface area contributed by atoms with Gasteiger partial charge in [-0.15, -0.1) is 0 Å². The average Bonchev–Trinajstić information content (AvgIpc) is 2.39. The molecule has 0 atom stereocenters. The first kappa shape index (κ1) is 14.2. The Morgan fingerprint density at radius 3 is 2.70 bits per heavy atom. The van der Waals surface area contributed by atoms with Crippen LogP contribution < -0.4 is 11.1 Å². The lowest BCUT2D eigenvalue weighted by molar-refractivity contribution is 0.0957. The highest BCUT2D eigenvalue weighted by Crippen LogP contribution is 2.25. The summed E-state index contributed by atoms with van der Waals surface area (Å²) in [6.45, 7) is 6.50. The maximum absolute atomic E-state index is 12.3. The number of hydrogen-bond donors (Lipinski definition) is 2. The third kappa shape index (κ3) is 2.57. The van der Waals surface area contributed by atoms with Crippen molar-refractivity contribution in [2.45, 2.75) is 33.6 Å². The van der Waals surface area contributed by atoms with Crippen LogP contribution in [-0.2, 0) is 6.42 Å². The van der Waals surface area contributed by atoms with Gasteiger partial charge in [0.25, 0.3) is 5.91 Å². The van der Waals surface area contributed by atoms with E-state index in [1.54, 1.807) is 0 Å². The van der Waals surface area contributed by atoms with E-state index in [-0.39, 0.29) is 11.9 Å². The predicted octanol–water partition coefficient (Wildman–Crippen LogP) is 2.22. The number of nitrogen functional groups attached to an aromatic ring is 1. The molecule has 20 heavy (non-hydrogen) atoms. The molecule has 1 aromatic heterocycles. The van der Waals surface area contributed by atoms with Crippen LogP contribution in [0.1, 0.15) is 41.9 Å². The van der Waals surface area contributed by atoms with E-state index in [9.17, 15) is 4.79 Å². The highest BCUT2D eigenvalue weighted by atomic mass is 16.1. The first-order chi connectivity index (χ1) is 9.58. The van der Waals surface area contributed by atoms with Gasteiger partial charge in [-0.3, -0.25) is 4.79 Å². The molecule has 2 rings (SSSR count). The quantitative estimate of drug-likeness (QED) is 0.894. The minimum absolute atomic E-state index is 0.0821. The number of benzene rings is 1. The van der Waals surface area contributed by atoms with Crippen LogP contribution in [0.2, 0.25) is 0 Å². The van der Waals surface area contributed by atoms with Gasteiger partial charge >= 0.3 is 0 Å². The zero-order valence-electron chi connectivity index (χ0n) is 12.2. The van der Waals surface area contributed by atoms with E-state index >= 15 is 0 Å². The monoisotopic (exact) mass is 272 g/mol. The number of aryl methyl sites for hydroxylation is 2. The molecule has 1 aromatic carbocycles. The summed E-state index contributed by atoms with van der Waals surface area (Å²) in [6.07, 6.45) is 1.72. The number of amides is 1. The van der Waals surface area contributed by atoms with Gasteiger partial charge in [0, 0.05) is 11.9 Å². The Kier molecular flexibility index (Phi) is 4.17. The molecule has 0 aliphatic carbocycles. The fourth-order valence-electron chi connectivity index (χ4n) is 2.38. The third-order valence-corrected chi connectivity index (χ3v) is 3.22. The molecule has 0 aliphatic rings. The number of rotatable bonds is 4. The summed E-state index contributed by atoms with van der Waals surface area (Å²) >= 11 is 0. The maximum Gasteiger partial charge on any atom is 0.252 e. The van der Waals surface area contributed by atoms with Crippen molar-refractivity contribution >= 4 is 22.8 Å². The van der Waals surface area contributed by atoms with Crippen molar-refractivity contribution in [3.05, 3.63) is 29.0 Å². The molecule has 0 fully saturated rings.